The van der Waals surface area contributed by atoms with Gasteiger partial charge in [-0.3, -0.25) is 4.79 Å². The fourth-order valence-corrected chi connectivity index (χ4v) is 4.71. The number of hydrogen-bond donors (Lipinski definition) is 1. The molecule has 0 bridgehead atoms. The van der Waals surface area contributed by atoms with E-state index in [4.69, 9.17) is 9.47 Å². The maximum absolute atomic E-state index is 13.6. The van der Waals surface area contributed by atoms with E-state index in [9.17, 15) is 4.79 Å². The molecule has 5 rings (SSSR count). The number of carbonyl (C=O) groups is 1. The summed E-state index contributed by atoms with van der Waals surface area (Å²) in [5.74, 6) is 1.20. The molecule has 1 aromatic heterocycles. The van der Waals surface area contributed by atoms with E-state index in [1.807, 2.05) is 92.1 Å². The van der Waals surface area contributed by atoms with Crippen molar-refractivity contribution in [1.82, 2.24) is 9.88 Å². The lowest BCUT2D eigenvalue weighted by molar-refractivity contribution is 0.0946. The first-order valence-electron chi connectivity index (χ1n) is 13.3. The third kappa shape index (κ3) is 6.15. The van der Waals surface area contributed by atoms with Crippen molar-refractivity contribution in [1.29, 1.82) is 0 Å². The van der Waals surface area contributed by atoms with Gasteiger partial charge in [0.1, 0.15) is 24.7 Å². The lowest BCUT2D eigenvalue weighted by Gasteiger charge is -2.19. The minimum Gasteiger partial charge on any atom is -0.488 e. The molecule has 5 nitrogen and oxygen atoms in total. The Morgan fingerprint density at radius 2 is 1.44 bits per heavy atom. The highest BCUT2D eigenvalue weighted by molar-refractivity contribution is 5.97. The summed E-state index contributed by atoms with van der Waals surface area (Å²) >= 11 is 0. The van der Waals surface area contributed by atoms with Gasteiger partial charge in [0, 0.05) is 36.8 Å². The monoisotopic (exact) mass is 518 g/mol. The van der Waals surface area contributed by atoms with Crippen LogP contribution in [0.2, 0.25) is 0 Å². The zero-order valence-corrected chi connectivity index (χ0v) is 22.7. The maximum Gasteiger partial charge on any atom is 0.255 e. The van der Waals surface area contributed by atoms with Gasteiger partial charge >= 0.3 is 0 Å². The number of aromatic nitrogens is 1. The van der Waals surface area contributed by atoms with Gasteiger partial charge < -0.3 is 19.4 Å². The number of hydrogen-bond acceptors (Lipinski definition) is 3. The first-order valence-corrected chi connectivity index (χ1v) is 13.3. The molecular weight excluding hydrogens is 484 g/mol. The number of rotatable bonds is 10. The molecule has 0 aliphatic carbocycles. The Morgan fingerprint density at radius 3 is 2.08 bits per heavy atom. The molecule has 0 fully saturated rings. The second kappa shape index (κ2) is 11.9. The number of aryl methyl sites for hydroxylation is 1. The Balaban J connectivity index is 1.44. The average Bonchev–Trinajstić information content (AvgIpc) is 3.35. The quantitative estimate of drug-likeness (QED) is 0.210. The third-order valence-corrected chi connectivity index (χ3v) is 6.91. The van der Waals surface area contributed by atoms with E-state index in [1.165, 1.54) is 0 Å². The molecular formula is C34H34N2O3. The number of benzene rings is 4. The summed E-state index contributed by atoms with van der Waals surface area (Å²) in [5, 5.41) is 4.26. The molecule has 4 aromatic carbocycles. The maximum atomic E-state index is 13.6. The first kappa shape index (κ1) is 26.1. The normalized spacial score (nSPS) is 11.1. The predicted molar refractivity (Wildman–Crippen MR) is 156 cm³/mol. The van der Waals surface area contributed by atoms with Crippen LogP contribution in [0.1, 0.15) is 52.4 Å². The molecule has 39 heavy (non-hydrogen) atoms. The molecule has 0 aliphatic rings. The van der Waals surface area contributed by atoms with Crippen molar-refractivity contribution in [3.05, 3.63) is 131 Å². The van der Waals surface area contributed by atoms with Gasteiger partial charge in [-0.25, -0.2) is 0 Å². The molecule has 0 unspecified atom stereocenters. The highest BCUT2D eigenvalue weighted by Gasteiger charge is 2.20. The van der Waals surface area contributed by atoms with Crippen molar-refractivity contribution >= 4 is 16.8 Å². The summed E-state index contributed by atoms with van der Waals surface area (Å²) in [4.78, 5) is 13.6. The molecule has 0 atom stereocenters. The highest BCUT2D eigenvalue weighted by atomic mass is 16.5. The molecule has 1 heterocycles. The molecule has 0 radical (unpaired) electrons. The van der Waals surface area contributed by atoms with Gasteiger partial charge in [0.2, 0.25) is 0 Å². The molecule has 5 aromatic rings. The summed E-state index contributed by atoms with van der Waals surface area (Å²) in [6.07, 6.45) is 2.04. The minimum absolute atomic E-state index is 0.156. The van der Waals surface area contributed by atoms with Crippen molar-refractivity contribution in [2.24, 2.45) is 7.05 Å². The lowest BCUT2D eigenvalue weighted by atomic mass is 9.98. The number of amides is 1. The van der Waals surface area contributed by atoms with Crippen LogP contribution in [0.5, 0.6) is 11.5 Å². The molecule has 1 amide bonds. The van der Waals surface area contributed by atoms with Crippen molar-refractivity contribution in [2.75, 3.05) is 0 Å². The van der Waals surface area contributed by atoms with Crippen LogP contribution in [-0.2, 0) is 26.8 Å². The molecule has 198 valence electrons. The summed E-state index contributed by atoms with van der Waals surface area (Å²) in [6.45, 7) is 5.41. The lowest BCUT2D eigenvalue weighted by Crippen LogP contribution is -2.24. The third-order valence-electron chi connectivity index (χ3n) is 6.91. The van der Waals surface area contributed by atoms with Gasteiger partial charge in [-0.1, -0.05) is 86.6 Å². The van der Waals surface area contributed by atoms with Crippen LogP contribution in [0.15, 0.2) is 103 Å². The van der Waals surface area contributed by atoms with Crippen LogP contribution in [-0.4, -0.2) is 10.5 Å². The molecule has 5 heteroatoms. The second-order valence-corrected chi connectivity index (χ2v) is 10.0. The van der Waals surface area contributed by atoms with Crippen LogP contribution in [0.3, 0.4) is 0 Å². The van der Waals surface area contributed by atoms with Crippen molar-refractivity contribution < 1.29 is 14.3 Å². The summed E-state index contributed by atoms with van der Waals surface area (Å²) in [7, 11) is 2.02. The molecule has 0 aliphatic heterocycles. The van der Waals surface area contributed by atoms with E-state index in [0.717, 1.165) is 38.9 Å². The van der Waals surface area contributed by atoms with E-state index >= 15 is 0 Å². The second-order valence-electron chi connectivity index (χ2n) is 10.0. The highest BCUT2D eigenvalue weighted by Crippen LogP contribution is 2.35. The molecule has 0 spiro atoms. The Bertz CT molecular complexity index is 1560. The fourth-order valence-electron chi connectivity index (χ4n) is 4.71. The van der Waals surface area contributed by atoms with Crippen LogP contribution >= 0.6 is 0 Å². The van der Waals surface area contributed by atoms with E-state index in [1.54, 1.807) is 0 Å². The Kier molecular flexibility index (Phi) is 7.97. The SMILES string of the molecule is CC(C)c1cc(C(=O)NCc2cccc3c2ccn3C)c(OCc2ccccc2)cc1OCc1ccccc1. The van der Waals surface area contributed by atoms with Gasteiger partial charge in [0.25, 0.3) is 5.91 Å². The summed E-state index contributed by atoms with van der Waals surface area (Å²) in [5.41, 5.74) is 5.78. The van der Waals surface area contributed by atoms with E-state index in [2.05, 4.69) is 41.9 Å². The molecule has 1 N–H and O–H groups in total. The fraction of sp³-hybridized carbons (Fsp3) is 0.206. The largest absolute Gasteiger partial charge is 0.488 e. The van der Waals surface area contributed by atoms with E-state index < -0.39 is 0 Å². The van der Waals surface area contributed by atoms with Gasteiger partial charge in [-0.05, 0) is 46.4 Å². The Labute approximate surface area is 230 Å². The van der Waals surface area contributed by atoms with Crippen LogP contribution < -0.4 is 14.8 Å². The number of ether oxygens (including phenoxy) is 2. The summed E-state index contributed by atoms with van der Waals surface area (Å²) < 4.78 is 14.6. The number of carbonyl (C=O) groups excluding carboxylic acids is 1. The number of nitrogens with zero attached hydrogens (tertiary/aromatic N) is 1. The minimum atomic E-state index is -0.178. The van der Waals surface area contributed by atoms with Crippen molar-refractivity contribution in [3.63, 3.8) is 0 Å². The van der Waals surface area contributed by atoms with Crippen molar-refractivity contribution in [3.8, 4) is 11.5 Å². The van der Waals surface area contributed by atoms with Crippen molar-refractivity contribution in [2.45, 2.75) is 39.5 Å². The zero-order chi connectivity index (χ0) is 27.2. The topological polar surface area (TPSA) is 52.5 Å². The van der Waals surface area contributed by atoms with Crippen LogP contribution in [0.25, 0.3) is 10.9 Å². The number of fused-ring (bicyclic) bond motifs is 1. The Hall–Kier alpha value is -4.51. The average molecular weight is 519 g/mol. The van der Waals surface area contributed by atoms with E-state index in [-0.39, 0.29) is 11.8 Å². The molecule has 0 saturated carbocycles. The van der Waals surface area contributed by atoms with Crippen LogP contribution in [0.4, 0.5) is 0 Å². The first-order chi connectivity index (χ1) is 19.0. The number of nitrogens with one attached hydrogen (secondary N) is 1. The van der Waals surface area contributed by atoms with Crippen LogP contribution in [0, 0.1) is 0 Å². The predicted octanol–water partition coefficient (Wildman–Crippen LogP) is 7.39. The summed E-state index contributed by atoms with van der Waals surface area (Å²) in [6, 6.07) is 32.0. The van der Waals surface area contributed by atoms with E-state index in [0.29, 0.717) is 31.1 Å². The van der Waals surface area contributed by atoms with Gasteiger partial charge in [-0.15, -0.1) is 0 Å². The van der Waals surface area contributed by atoms with Gasteiger partial charge in [0.15, 0.2) is 0 Å². The molecule has 0 saturated heterocycles. The Morgan fingerprint density at radius 1 is 0.795 bits per heavy atom. The standard InChI is InChI=1S/C34H34N2O3/c1-24(2)29-19-30(34(37)35-21-27-15-10-16-31-28(27)17-18-36(31)3)33(39-23-26-13-8-5-9-14-26)20-32(29)38-22-25-11-6-4-7-12-25/h4-20,24H,21-23H2,1-3H3,(H,35,37). The van der Waals surface area contributed by atoms with Gasteiger partial charge in [0.05, 0.1) is 5.56 Å². The van der Waals surface area contributed by atoms with Gasteiger partial charge in [-0.2, -0.15) is 0 Å². The zero-order valence-electron chi connectivity index (χ0n) is 22.7. The smallest absolute Gasteiger partial charge is 0.255 e.